The molecule has 1 saturated heterocycles. The van der Waals surface area contributed by atoms with Crippen molar-refractivity contribution in [2.75, 3.05) is 13.2 Å². The highest BCUT2D eigenvalue weighted by Crippen LogP contribution is 2.15. The number of hydrogen-bond donors (Lipinski definition) is 1. The van der Waals surface area contributed by atoms with E-state index >= 15 is 0 Å². The van der Waals surface area contributed by atoms with Crippen molar-refractivity contribution in [3.63, 3.8) is 0 Å². The number of nitrogens with one attached hydrogen (secondary N) is 1. The summed E-state index contributed by atoms with van der Waals surface area (Å²) in [5, 5.41) is 3.46. The average Bonchev–Trinajstić information content (AvgIpc) is 3.08. The van der Waals surface area contributed by atoms with E-state index in [2.05, 4.69) is 29.6 Å². The van der Waals surface area contributed by atoms with Gasteiger partial charge in [-0.05, 0) is 36.1 Å². The molecule has 1 N–H and O–H groups in total. The Bertz CT molecular complexity index is 547. The van der Waals surface area contributed by atoms with Crippen molar-refractivity contribution in [2.24, 2.45) is 0 Å². The van der Waals surface area contributed by atoms with Crippen molar-refractivity contribution < 1.29 is 9.47 Å². The summed E-state index contributed by atoms with van der Waals surface area (Å²) in [6.45, 7) is 3.34. The van der Waals surface area contributed by atoms with Crippen LogP contribution in [0.25, 0.3) is 0 Å². The maximum atomic E-state index is 5.79. The van der Waals surface area contributed by atoms with E-state index in [1.807, 2.05) is 30.3 Å². The molecule has 0 aromatic heterocycles. The first-order chi connectivity index (χ1) is 10.9. The van der Waals surface area contributed by atoms with Crippen LogP contribution in [-0.4, -0.2) is 19.3 Å². The van der Waals surface area contributed by atoms with E-state index in [9.17, 15) is 0 Å². The second-order valence-electron chi connectivity index (χ2n) is 5.68. The Morgan fingerprint density at radius 1 is 1.00 bits per heavy atom. The summed E-state index contributed by atoms with van der Waals surface area (Å²) in [6.07, 6.45) is 2.77. The molecule has 0 aliphatic carbocycles. The van der Waals surface area contributed by atoms with Crippen molar-refractivity contribution in [1.29, 1.82) is 0 Å². The van der Waals surface area contributed by atoms with E-state index in [0.29, 0.717) is 12.7 Å². The molecule has 0 bridgehead atoms. The SMILES string of the molecule is c1ccc(COc2ccc(CNC[C@@H]3CCCO3)cc2)cc1. The standard InChI is InChI=1S/C19H23NO2/c1-2-5-17(6-3-1)15-22-18-10-8-16(9-11-18)13-20-14-19-7-4-12-21-19/h1-3,5-6,8-11,19-20H,4,7,12-15H2/t19-/m0/s1. The second kappa shape index (κ2) is 7.97. The zero-order valence-electron chi connectivity index (χ0n) is 12.8. The van der Waals surface area contributed by atoms with Gasteiger partial charge in [0.2, 0.25) is 0 Å². The maximum Gasteiger partial charge on any atom is 0.119 e. The molecular weight excluding hydrogens is 274 g/mol. The van der Waals surface area contributed by atoms with E-state index < -0.39 is 0 Å². The number of rotatable bonds is 7. The van der Waals surface area contributed by atoms with Crippen LogP contribution < -0.4 is 10.1 Å². The minimum atomic E-state index is 0.397. The Labute approximate surface area is 132 Å². The first-order valence-electron chi connectivity index (χ1n) is 7.98. The molecule has 0 saturated carbocycles. The lowest BCUT2D eigenvalue weighted by Crippen LogP contribution is -2.25. The molecule has 2 aromatic carbocycles. The monoisotopic (exact) mass is 297 g/mol. The minimum absolute atomic E-state index is 0.397. The molecule has 0 radical (unpaired) electrons. The van der Waals surface area contributed by atoms with Gasteiger partial charge in [0, 0.05) is 19.7 Å². The van der Waals surface area contributed by atoms with Crippen molar-refractivity contribution >= 4 is 0 Å². The van der Waals surface area contributed by atoms with Gasteiger partial charge in [-0.25, -0.2) is 0 Å². The van der Waals surface area contributed by atoms with Crippen molar-refractivity contribution in [1.82, 2.24) is 5.32 Å². The highest BCUT2D eigenvalue weighted by Gasteiger charge is 2.14. The summed E-state index contributed by atoms with van der Waals surface area (Å²) in [6, 6.07) is 18.5. The molecule has 1 aliphatic rings. The fraction of sp³-hybridized carbons (Fsp3) is 0.368. The third kappa shape index (κ3) is 4.58. The first-order valence-corrected chi connectivity index (χ1v) is 7.98. The Morgan fingerprint density at radius 2 is 1.82 bits per heavy atom. The molecular formula is C19H23NO2. The van der Waals surface area contributed by atoms with Crippen LogP contribution in [0, 0.1) is 0 Å². The van der Waals surface area contributed by atoms with Gasteiger partial charge in [0.25, 0.3) is 0 Å². The predicted octanol–water partition coefficient (Wildman–Crippen LogP) is 3.53. The molecule has 3 rings (SSSR count). The molecule has 116 valence electrons. The van der Waals surface area contributed by atoms with Gasteiger partial charge in [0.15, 0.2) is 0 Å². The van der Waals surface area contributed by atoms with Crippen LogP contribution in [0.2, 0.25) is 0 Å². The molecule has 0 amide bonds. The van der Waals surface area contributed by atoms with E-state index in [0.717, 1.165) is 25.4 Å². The quantitative estimate of drug-likeness (QED) is 0.848. The highest BCUT2D eigenvalue weighted by atomic mass is 16.5. The lowest BCUT2D eigenvalue weighted by molar-refractivity contribution is 0.110. The summed E-state index contributed by atoms with van der Waals surface area (Å²) >= 11 is 0. The predicted molar refractivity (Wildman–Crippen MR) is 87.9 cm³/mol. The molecule has 1 fully saturated rings. The molecule has 3 nitrogen and oxygen atoms in total. The van der Waals surface area contributed by atoms with Gasteiger partial charge in [0.1, 0.15) is 12.4 Å². The second-order valence-corrected chi connectivity index (χ2v) is 5.68. The van der Waals surface area contributed by atoms with Crippen molar-refractivity contribution in [3.8, 4) is 5.75 Å². The first kappa shape index (κ1) is 15.1. The van der Waals surface area contributed by atoms with Crippen LogP contribution >= 0.6 is 0 Å². The normalized spacial score (nSPS) is 17.5. The smallest absolute Gasteiger partial charge is 0.119 e. The Balaban J connectivity index is 1.41. The summed E-state index contributed by atoms with van der Waals surface area (Å²) in [5.41, 5.74) is 2.45. The third-order valence-electron chi connectivity index (χ3n) is 3.90. The summed E-state index contributed by atoms with van der Waals surface area (Å²) in [7, 11) is 0. The fourth-order valence-electron chi connectivity index (χ4n) is 2.63. The van der Waals surface area contributed by atoms with Gasteiger partial charge in [0.05, 0.1) is 6.10 Å². The Hall–Kier alpha value is -1.84. The van der Waals surface area contributed by atoms with Crippen molar-refractivity contribution in [3.05, 3.63) is 65.7 Å². The lowest BCUT2D eigenvalue weighted by atomic mass is 10.2. The van der Waals surface area contributed by atoms with Gasteiger partial charge >= 0.3 is 0 Å². The molecule has 3 heteroatoms. The van der Waals surface area contributed by atoms with Gasteiger partial charge in [-0.3, -0.25) is 0 Å². The van der Waals surface area contributed by atoms with E-state index in [-0.39, 0.29) is 0 Å². The third-order valence-corrected chi connectivity index (χ3v) is 3.90. The van der Waals surface area contributed by atoms with E-state index in [1.165, 1.54) is 24.0 Å². The van der Waals surface area contributed by atoms with Crippen LogP contribution in [0.15, 0.2) is 54.6 Å². The topological polar surface area (TPSA) is 30.5 Å². The molecule has 0 unspecified atom stereocenters. The van der Waals surface area contributed by atoms with Gasteiger partial charge in [-0.1, -0.05) is 42.5 Å². The number of hydrogen-bond acceptors (Lipinski definition) is 3. The maximum absolute atomic E-state index is 5.79. The Morgan fingerprint density at radius 3 is 2.55 bits per heavy atom. The summed E-state index contributed by atoms with van der Waals surface area (Å²) in [4.78, 5) is 0. The van der Waals surface area contributed by atoms with Crippen LogP contribution in [-0.2, 0) is 17.9 Å². The van der Waals surface area contributed by atoms with Crippen LogP contribution in [0.5, 0.6) is 5.75 Å². The summed E-state index contributed by atoms with van der Waals surface area (Å²) in [5.74, 6) is 0.909. The molecule has 1 heterocycles. The zero-order valence-corrected chi connectivity index (χ0v) is 12.8. The fourth-order valence-corrected chi connectivity index (χ4v) is 2.63. The van der Waals surface area contributed by atoms with E-state index in [1.54, 1.807) is 0 Å². The lowest BCUT2D eigenvalue weighted by Gasteiger charge is -2.11. The van der Waals surface area contributed by atoms with Crippen molar-refractivity contribution in [2.45, 2.75) is 32.1 Å². The van der Waals surface area contributed by atoms with Crippen LogP contribution in [0.3, 0.4) is 0 Å². The minimum Gasteiger partial charge on any atom is -0.489 e. The number of ether oxygens (including phenoxy) is 2. The number of benzene rings is 2. The summed E-state index contributed by atoms with van der Waals surface area (Å²) < 4.78 is 11.4. The average molecular weight is 297 g/mol. The molecule has 1 atom stereocenters. The Kier molecular flexibility index (Phi) is 5.46. The molecule has 1 aliphatic heterocycles. The highest BCUT2D eigenvalue weighted by molar-refractivity contribution is 5.27. The largest absolute Gasteiger partial charge is 0.489 e. The zero-order chi connectivity index (χ0) is 15.0. The van der Waals surface area contributed by atoms with Gasteiger partial charge < -0.3 is 14.8 Å². The van der Waals surface area contributed by atoms with E-state index in [4.69, 9.17) is 9.47 Å². The molecule has 2 aromatic rings. The van der Waals surface area contributed by atoms with Crippen LogP contribution in [0.1, 0.15) is 24.0 Å². The molecule has 0 spiro atoms. The van der Waals surface area contributed by atoms with Crippen LogP contribution in [0.4, 0.5) is 0 Å². The van der Waals surface area contributed by atoms with Gasteiger partial charge in [-0.15, -0.1) is 0 Å². The van der Waals surface area contributed by atoms with Gasteiger partial charge in [-0.2, -0.15) is 0 Å². The molecule has 22 heavy (non-hydrogen) atoms.